The number of pyridine rings is 2. The average molecular weight is 1860 g/mol. The van der Waals surface area contributed by atoms with Crippen molar-refractivity contribution in [1.82, 2.24) is 39.9 Å². The highest BCUT2D eigenvalue weighted by Gasteiger charge is 2.29. The summed E-state index contributed by atoms with van der Waals surface area (Å²) in [5.74, 6) is 3.55. The Bertz CT molecular complexity index is 10500. The van der Waals surface area contributed by atoms with E-state index in [4.69, 9.17) is 48.7 Å². The van der Waals surface area contributed by atoms with Crippen LogP contribution < -0.4 is 0 Å². The van der Waals surface area contributed by atoms with Gasteiger partial charge < -0.3 is 8.83 Å². The second-order valence-corrected chi connectivity index (χ2v) is 37.7. The summed E-state index contributed by atoms with van der Waals surface area (Å²) in [5.41, 5.74) is 22.9. The van der Waals surface area contributed by atoms with E-state index >= 15 is 0 Å². The summed E-state index contributed by atoms with van der Waals surface area (Å²) < 4.78 is 13.7. The fraction of sp³-hybridized carbons (Fsp3) is 0. The maximum Gasteiger partial charge on any atom is 0.164 e. The van der Waals surface area contributed by atoms with Gasteiger partial charge in [0.1, 0.15) is 22.3 Å². The number of rotatable bonds is 12. The Balaban J connectivity index is 0.000000138. The van der Waals surface area contributed by atoms with Crippen LogP contribution in [0.1, 0.15) is 0 Å². The Morgan fingerprint density at radius 3 is 0.829 bits per heavy atom. The van der Waals surface area contributed by atoms with Crippen LogP contribution in [0, 0.1) is 0 Å². The number of hydrogen-bond donors (Lipinski definition) is 0. The summed E-state index contributed by atoms with van der Waals surface area (Å²) in [6, 6.07) is 172. The molecule has 0 saturated carbocycles. The molecule has 0 aliphatic heterocycles. The van der Waals surface area contributed by atoms with Crippen molar-refractivity contribution in [2.24, 2.45) is 0 Å². The first-order chi connectivity index (χ1) is 72.4. The fourth-order valence-corrected chi connectivity index (χ4v) is 22.7. The summed E-state index contributed by atoms with van der Waals surface area (Å²) in [4.78, 5) is 42.7. The van der Waals surface area contributed by atoms with Gasteiger partial charge in [-0.1, -0.05) is 406 Å². The first kappa shape index (κ1) is 83.3. The Kier molecular flexibility index (Phi) is 19.5. The number of aromatic nitrogens is 8. The van der Waals surface area contributed by atoms with Crippen molar-refractivity contribution in [2.75, 3.05) is 0 Å². The van der Waals surface area contributed by atoms with E-state index in [2.05, 4.69) is 443 Å². The van der Waals surface area contributed by atoms with Crippen LogP contribution in [0.2, 0.25) is 0 Å². The Labute approximate surface area is 836 Å². The minimum atomic E-state index is 0.563. The number of fused-ring (bicyclic) bond motifs is 26. The van der Waals surface area contributed by atoms with Gasteiger partial charge in [0, 0.05) is 109 Å². The molecule has 0 unspecified atom stereocenters. The van der Waals surface area contributed by atoms with E-state index < -0.39 is 0 Å². The van der Waals surface area contributed by atoms with E-state index in [9.17, 15) is 0 Å². The first-order valence-electron chi connectivity index (χ1n) is 49.4. The highest BCUT2D eigenvalue weighted by molar-refractivity contribution is 6.33. The lowest BCUT2D eigenvalue weighted by atomic mass is 9.87. The Morgan fingerprint density at radius 2 is 0.411 bits per heavy atom. The molecule has 0 amide bonds. The third kappa shape index (κ3) is 13.9. The quantitative estimate of drug-likeness (QED) is 0.109. The van der Waals surface area contributed by atoms with Crippen LogP contribution in [-0.4, -0.2) is 39.9 Å². The molecule has 24 aromatic carbocycles. The van der Waals surface area contributed by atoms with Crippen LogP contribution in [0.25, 0.3) is 309 Å². The van der Waals surface area contributed by atoms with Gasteiger partial charge in [-0.25, -0.2) is 39.9 Å². The van der Waals surface area contributed by atoms with E-state index in [1.165, 1.54) is 64.6 Å². The van der Waals surface area contributed by atoms with Crippen LogP contribution in [0.5, 0.6) is 0 Å². The summed E-state index contributed by atoms with van der Waals surface area (Å²) in [6.07, 6.45) is 0. The van der Waals surface area contributed by atoms with Crippen molar-refractivity contribution >= 4 is 173 Å². The van der Waals surface area contributed by atoms with E-state index in [0.29, 0.717) is 34.9 Å². The topological polar surface area (TPSA) is 129 Å². The van der Waals surface area contributed by atoms with E-state index in [1.54, 1.807) is 0 Å². The molecule has 6 aromatic heterocycles. The Morgan fingerprint density at radius 1 is 0.130 bits per heavy atom. The molecule has 30 rings (SSSR count). The number of benzene rings is 24. The lowest BCUT2D eigenvalue weighted by Crippen LogP contribution is -2.01. The van der Waals surface area contributed by atoms with Gasteiger partial charge in [0.05, 0.1) is 22.4 Å². The van der Waals surface area contributed by atoms with Gasteiger partial charge in [0.2, 0.25) is 0 Å². The van der Waals surface area contributed by atoms with Gasteiger partial charge in [0.15, 0.2) is 34.9 Å². The van der Waals surface area contributed by atoms with Crippen LogP contribution in [0.3, 0.4) is 0 Å². The van der Waals surface area contributed by atoms with Crippen molar-refractivity contribution in [3.63, 3.8) is 0 Å². The molecule has 676 valence electrons. The predicted molar refractivity (Wildman–Crippen MR) is 605 cm³/mol. The maximum atomic E-state index is 6.86. The lowest BCUT2D eigenvalue weighted by Gasteiger charge is -2.17. The van der Waals surface area contributed by atoms with E-state index in [1.807, 2.05) is 42.5 Å². The smallest absolute Gasteiger partial charge is 0.164 e. The number of hydrogen-bond acceptors (Lipinski definition) is 10. The minimum Gasteiger partial charge on any atom is -0.456 e. The third-order valence-corrected chi connectivity index (χ3v) is 29.3. The second-order valence-electron chi connectivity index (χ2n) is 37.7. The van der Waals surface area contributed by atoms with Crippen LogP contribution >= 0.6 is 0 Å². The second kappa shape index (κ2) is 34.1. The molecule has 6 heterocycles. The largest absolute Gasteiger partial charge is 0.456 e. The fourth-order valence-electron chi connectivity index (χ4n) is 22.7. The molecule has 0 atom stereocenters. The van der Waals surface area contributed by atoms with Crippen molar-refractivity contribution in [3.8, 4) is 135 Å². The number of para-hydroxylation sites is 4. The molecule has 0 N–H and O–H groups in total. The molecule has 0 spiro atoms. The zero-order chi connectivity index (χ0) is 96.0. The summed E-state index contributed by atoms with van der Waals surface area (Å²) >= 11 is 0. The SMILES string of the molecule is c1cc(-c2nc(-c3cccc4ccccc34)nc(-c3cccc4ccccc34)n2)cc(-c2nc3ccccc3c3c(-c4ccc5c6ccccc6c6ccccc6c5c4)c4c(cc23)oc2ccccc24)c1.c1ccc(-c2cc(-c3ccccc3)cc(-c3nc(-c4ccccc4)nc(-c4cccc(-c5nc6ccccc6c6c(-c7ccc8c9ccccc9c9ccccc9c8c7)c7c(cc56)oc5ccccc57)c4)n3)c2)cc1. The molecular weight excluding hydrogens is 1780 g/mol. The monoisotopic (exact) mass is 1860 g/mol. The normalized spacial score (nSPS) is 11.8. The van der Waals surface area contributed by atoms with Crippen molar-refractivity contribution in [2.45, 2.75) is 0 Å². The molecular formula is C136H80N8O2. The highest BCUT2D eigenvalue weighted by atomic mass is 16.3. The van der Waals surface area contributed by atoms with Crippen molar-refractivity contribution in [3.05, 3.63) is 485 Å². The number of nitrogens with zero attached hydrogens (tertiary/aromatic N) is 8. The molecule has 0 bridgehead atoms. The minimum absolute atomic E-state index is 0.563. The predicted octanol–water partition coefficient (Wildman–Crippen LogP) is 36.2. The molecule has 0 fully saturated rings. The first-order valence-corrected chi connectivity index (χ1v) is 49.4. The van der Waals surface area contributed by atoms with Gasteiger partial charge in [0.25, 0.3) is 0 Å². The molecule has 0 aliphatic rings. The summed E-state index contributed by atoms with van der Waals surface area (Å²) in [7, 11) is 0. The van der Waals surface area contributed by atoms with Gasteiger partial charge in [-0.2, -0.15) is 0 Å². The zero-order valence-electron chi connectivity index (χ0n) is 78.6. The molecule has 0 aliphatic carbocycles. The van der Waals surface area contributed by atoms with Crippen LogP contribution in [-0.2, 0) is 0 Å². The average Bonchev–Trinajstić information content (AvgIpc) is 1.44. The van der Waals surface area contributed by atoms with Gasteiger partial charge in [-0.3, -0.25) is 0 Å². The maximum absolute atomic E-state index is 6.86. The molecule has 0 saturated heterocycles. The van der Waals surface area contributed by atoms with Crippen LogP contribution in [0.15, 0.2) is 494 Å². The van der Waals surface area contributed by atoms with Crippen molar-refractivity contribution in [1.29, 1.82) is 0 Å². The van der Waals surface area contributed by atoms with Gasteiger partial charge >= 0.3 is 0 Å². The van der Waals surface area contributed by atoms with E-state index in [0.717, 1.165) is 209 Å². The lowest BCUT2D eigenvalue weighted by molar-refractivity contribution is 0.669. The molecule has 146 heavy (non-hydrogen) atoms. The van der Waals surface area contributed by atoms with E-state index in [-0.39, 0.29) is 0 Å². The molecule has 0 radical (unpaired) electrons. The third-order valence-electron chi connectivity index (χ3n) is 29.3. The Hall–Kier alpha value is -19.7. The standard InChI is InChI=1S/C70H42N4O.C66H38N4O/c1-4-19-43(20-5-1)49-38-50(44-21-6-2-7-22-44)40-51(39-49)70-73-68(45-23-8-3-9-24-45)72-69(74-70)48-26-18-25-47(37-48)67-60-42-63-66(58-32-15-17-34-62(58)75-63)64(65(60)57-31-14-16-33-61(57)71-67)46-35-36-56-54-29-11-10-27-52(54)53-28-12-13-30-55(53)59(56)41-46;1-3-22-44-39(16-1)18-14-30-51(44)65-68-64(69-66(70-65)52-31-15-19-40-17-2-4-23-45(40)52)43-21-13-20-42(36-43)63-56-38-59-62(54-29-10-12-33-58(54)71-59)60(61(56)53-28-9-11-32-57(53)67-63)41-34-35-50-48-26-6-5-24-46(48)47-25-7-8-27-49(47)55(50)37-41/h1-42H;1-38H. The summed E-state index contributed by atoms with van der Waals surface area (Å²) in [6.45, 7) is 0. The highest BCUT2D eigenvalue weighted by Crippen LogP contribution is 2.53. The molecule has 10 heteroatoms. The number of furan rings is 2. The van der Waals surface area contributed by atoms with Crippen molar-refractivity contribution < 1.29 is 8.83 Å². The van der Waals surface area contributed by atoms with Gasteiger partial charge in [-0.15, -0.1) is 0 Å². The summed E-state index contributed by atoms with van der Waals surface area (Å²) in [5, 5.41) is 29.9. The van der Waals surface area contributed by atoms with Gasteiger partial charge in [-0.05, 0) is 198 Å². The molecule has 10 nitrogen and oxygen atoms in total. The molecule has 30 aromatic rings. The zero-order valence-corrected chi connectivity index (χ0v) is 78.6. The van der Waals surface area contributed by atoms with Crippen LogP contribution in [0.4, 0.5) is 0 Å².